The largest absolute Gasteiger partial charge is 0.490 e. The molecule has 0 radical (unpaired) electrons. The number of nitro groups is 1. The summed E-state index contributed by atoms with van der Waals surface area (Å²) >= 11 is 0. The molecule has 2 aromatic carbocycles. The van der Waals surface area contributed by atoms with Gasteiger partial charge < -0.3 is 20.1 Å². The average Bonchev–Trinajstić information content (AvgIpc) is 2.70. The number of rotatable bonds is 6. The number of hydrogen-bond acceptors (Lipinski definition) is 6. The maximum atomic E-state index is 12.7. The number of carbonyl (C=O) groups is 1. The summed E-state index contributed by atoms with van der Waals surface area (Å²) in [5.74, 6) is 1.16. The second-order valence-electron chi connectivity index (χ2n) is 6.52. The Bertz CT molecular complexity index is 863. The fourth-order valence-corrected chi connectivity index (χ4v) is 3.20. The van der Waals surface area contributed by atoms with Gasteiger partial charge in [0.15, 0.2) is 11.5 Å². The van der Waals surface area contributed by atoms with Crippen LogP contribution in [-0.2, 0) is 0 Å². The highest BCUT2D eigenvalue weighted by atomic mass is 16.6. The molecule has 1 heterocycles. The minimum atomic E-state index is -0.581. The first-order valence-corrected chi connectivity index (χ1v) is 9.21. The van der Waals surface area contributed by atoms with Gasteiger partial charge in [-0.2, -0.15) is 0 Å². The van der Waals surface area contributed by atoms with E-state index in [9.17, 15) is 14.9 Å². The van der Waals surface area contributed by atoms with Crippen molar-refractivity contribution in [1.29, 1.82) is 0 Å². The maximum Gasteiger partial charge on any atom is 0.292 e. The Balaban J connectivity index is 1.62. The van der Waals surface area contributed by atoms with Crippen LogP contribution in [-0.4, -0.2) is 41.5 Å². The Labute approximate surface area is 163 Å². The highest BCUT2D eigenvalue weighted by Crippen LogP contribution is 2.30. The van der Waals surface area contributed by atoms with Crippen LogP contribution < -0.4 is 15.2 Å². The van der Waals surface area contributed by atoms with Crippen molar-refractivity contribution in [1.82, 2.24) is 4.90 Å². The number of para-hydroxylation sites is 2. The third kappa shape index (κ3) is 4.33. The Kier molecular flexibility index (Phi) is 5.98. The fraction of sp³-hybridized carbons (Fsp3) is 0.350. The lowest BCUT2D eigenvalue weighted by Gasteiger charge is -2.32. The number of nitrogens with two attached hydrogens (primary N) is 1. The van der Waals surface area contributed by atoms with Gasteiger partial charge in [-0.3, -0.25) is 14.9 Å². The summed E-state index contributed by atoms with van der Waals surface area (Å²) in [5.41, 5.74) is 5.66. The minimum Gasteiger partial charge on any atom is -0.490 e. The second kappa shape index (κ2) is 8.60. The molecule has 28 heavy (non-hydrogen) atoms. The number of hydrogen-bond donors (Lipinski definition) is 1. The smallest absolute Gasteiger partial charge is 0.292 e. The Morgan fingerprint density at radius 1 is 1.21 bits per heavy atom. The van der Waals surface area contributed by atoms with Crippen molar-refractivity contribution < 1.29 is 19.2 Å². The summed E-state index contributed by atoms with van der Waals surface area (Å²) in [6.45, 7) is 3.50. The molecule has 1 saturated heterocycles. The van der Waals surface area contributed by atoms with Crippen molar-refractivity contribution in [3.8, 4) is 11.5 Å². The number of piperidine rings is 1. The molecule has 0 spiro atoms. The standard InChI is InChI=1S/C20H23N3O5/c1-2-27-18-5-3-4-6-19(18)28-15-9-11-22(12-10-15)20(24)14-7-8-16(21)17(13-14)23(25)26/h3-8,13,15H,2,9-12,21H2,1H3. The van der Waals surface area contributed by atoms with Crippen molar-refractivity contribution in [2.45, 2.75) is 25.9 Å². The van der Waals surface area contributed by atoms with E-state index in [1.165, 1.54) is 18.2 Å². The van der Waals surface area contributed by atoms with Crippen LogP contribution in [0.15, 0.2) is 42.5 Å². The number of likely N-dealkylation sites (tertiary alicyclic amines) is 1. The number of ether oxygens (including phenoxy) is 2. The van der Waals surface area contributed by atoms with Gasteiger partial charge in [-0.1, -0.05) is 12.1 Å². The van der Waals surface area contributed by atoms with Gasteiger partial charge in [0, 0.05) is 37.6 Å². The molecule has 8 heteroatoms. The molecule has 3 rings (SSSR count). The molecule has 0 atom stereocenters. The second-order valence-corrected chi connectivity index (χ2v) is 6.52. The maximum absolute atomic E-state index is 12.7. The van der Waals surface area contributed by atoms with E-state index in [2.05, 4.69) is 0 Å². The van der Waals surface area contributed by atoms with E-state index >= 15 is 0 Å². The molecule has 1 aliphatic rings. The van der Waals surface area contributed by atoms with Gasteiger partial charge in [0.05, 0.1) is 11.5 Å². The number of nitrogen functional groups attached to an aromatic ring is 1. The normalized spacial score (nSPS) is 14.5. The van der Waals surface area contributed by atoms with Crippen LogP contribution in [0.1, 0.15) is 30.1 Å². The van der Waals surface area contributed by atoms with Crippen LogP contribution in [0.3, 0.4) is 0 Å². The highest BCUT2D eigenvalue weighted by Gasteiger charge is 2.26. The fourth-order valence-electron chi connectivity index (χ4n) is 3.20. The van der Waals surface area contributed by atoms with Crippen molar-refractivity contribution in [2.75, 3.05) is 25.4 Å². The van der Waals surface area contributed by atoms with E-state index in [0.29, 0.717) is 44.0 Å². The number of anilines is 1. The van der Waals surface area contributed by atoms with Crippen molar-refractivity contribution in [3.63, 3.8) is 0 Å². The van der Waals surface area contributed by atoms with Crippen molar-refractivity contribution in [2.24, 2.45) is 0 Å². The molecule has 2 N–H and O–H groups in total. The molecule has 0 unspecified atom stereocenters. The number of nitrogens with zero attached hydrogens (tertiary/aromatic N) is 2. The summed E-state index contributed by atoms with van der Waals surface area (Å²) < 4.78 is 11.7. The van der Waals surface area contributed by atoms with Gasteiger partial charge >= 0.3 is 0 Å². The van der Waals surface area contributed by atoms with Crippen LogP contribution in [0.5, 0.6) is 11.5 Å². The molecule has 1 aliphatic heterocycles. The average molecular weight is 385 g/mol. The minimum absolute atomic E-state index is 0.0218. The van der Waals surface area contributed by atoms with Crippen LogP contribution in [0.4, 0.5) is 11.4 Å². The first-order chi connectivity index (χ1) is 13.5. The van der Waals surface area contributed by atoms with Crippen molar-refractivity contribution in [3.05, 3.63) is 58.1 Å². The summed E-state index contributed by atoms with van der Waals surface area (Å²) in [7, 11) is 0. The number of nitro benzene ring substituents is 1. The molecule has 148 valence electrons. The lowest BCUT2D eigenvalue weighted by atomic mass is 10.1. The first kappa shape index (κ1) is 19.5. The topological polar surface area (TPSA) is 108 Å². The van der Waals surface area contributed by atoms with Crippen LogP contribution in [0, 0.1) is 10.1 Å². The lowest BCUT2D eigenvalue weighted by Crippen LogP contribution is -2.41. The zero-order valence-corrected chi connectivity index (χ0v) is 15.7. The predicted molar refractivity (Wildman–Crippen MR) is 105 cm³/mol. The number of amides is 1. The molecule has 1 fully saturated rings. The zero-order valence-electron chi connectivity index (χ0n) is 15.7. The van der Waals surface area contributed by atoms with Gasteiger partial charge in [0.1, 0.15) is 11.8 Å². The Hall–Kier alpha value is -3.29. The summed E-state index contributed by atoms with van der Waals surface area (Å²) in [6, 6.07) is 11.7. The third-order valence-electron chi connectivity index (χ3n) is 4.65. The highest BCUT2D eigenvalue weighted by molar-refractivity contribution is 5.95. The zero-order chi connectivity index (χ0) is 20.1. The predicted octanol–water partition coefficient (Wildman–Crippen LogP) is 3.26. The van der Waals surface area contributed by atoms with E-state index in [4.69, 9.17) is 15.2 Å². The summed E-state index contributed by atoms with van der Waals surface area (Å²) in [5, 5.41) is 11.0. The SMILES string of the molecule is CCOc1ccccc1OC1CCN(C(=O)c2ccc(N)c([N+](=O)[O-])c2)CC1. The molecule has 8 nitrogen and oxygen atoms in total. The quantitative estimate of drug-likeness (QED) is 0.464. The Morgan fingerprint density at radius 3 is 2.54 bits per heavy atom. The molecule has 0 aromatic heterocycles. The first-order valence-electron chi connectivity index (χ1n) is 9.21. The molecule has 0 bridgehead atoms. The summed E-state index contributed by atoms with van der Waals surface area (Å²) in [6.07, 6.45) is 1.32. The van der Waals surface area contributed by atoms with Crippen LogP contribution in [0.2, 0.25) is 0 Å². The molecule has 2 aromatic rings. The molecule has 0 saturated carbocycles. The molecule has 1 amide bonds. The van der Waals surface area contributed by atoms with Gasteiger partial charge in [-0.05, 0) is 31.2 Å². The van der Waals surface area contributed by atoms with Gasteiger partial charge in [-0.15, -0.1) is 0 Å². The summed E-state index contributed by atoms with van der Waals surface area (Å²) in [4.78, 5) is 24.8. The van der Waals surface area contributed by atoms with E-state index in [1.54, 1.807) is 4.90 Å². The van der Waals surface area contributed by atoms with Gasteiger partial charge in [0.2, 0.25) is 0 Å². The van der Waals surface area contributed by atoms with Crippen LogP contribution >= 0.6 is 0 Å². The monoisotopic (exact) mass is 385 g/mol. The molecular formula is C20H23N3O5. The van der Waals surface area contributed by atoms with E-state index in [-0.39, 0.29) is 28.9 Å². The third-order valence-corrected chi connectivity index (χ3v) is 4.65. The lowest BCUT2D eigenvalue weighted by molar-refractivity contribution is -0.383. The van der Waals surface area contributed by atoms with Crippen molar-refractivity contribution >= 4 is 17.3 Å². The van der Waals surface area contributed by atoms with E-state index in [1.807, 2.05) is 31.2 Å². The Morgan fingerprint density at radius 2 is 1.89 bits per heavy atom. The van der Waals surface area contributed by atoms with Gasteiger partial charge in [-0.25, -0.2) is 0 Å². The van der Waals surface area contributed by atoms with Gasteiger partial charge in [0.25, 0.3) is 11.6 Å². The van der Waals surface area contributed by atoms with Crippen LogP contribution in [0.25, 0.3) is 0 Å². The van der Waals surface area contributed by atoms with E-state index < -0.39 is 4.92 Å². The number of carbonyl (C=O) groups excluding carboxylic acids is 1. The van der Waals surface area contributed by atoms with E-state index in [0.717, 1.165) is 0 Å². The molecule has 0 aliphatic carbocycles. The number of benzene rings is 2. The molecular weight excluding hydrogens is 362 g/mol.